The third kappa shape index (κ3) is 5.18. The van der Waals surface area contributed by atoms with Crippen LogP contribution in [-0.4, -0.2) is 5.71 Å². The van der Waals surface area contributed by atoms with Crippen molar-refractivity contribution in [1.29, 1.82) is 0 Å². The normalized spacial score (nSPS) is 15.6. The molecule has 13 heavy (non-hydrogen) atoms. The molecule has 72 valence electrons. The summed E-state index contributed by atoms with van der Waals surface area (Å²) in [6.07, 6.45) is 7.98. The predicted octanol–water partition coefficient (Wildman–Crippen LogP) is 3.89. The molecule has 0 atom stereocenters. The van der Waals surface area contributed by atoms with Gasteiger partial charge in [-0.1, -0.05) is 23.8 Å². The van der Waals surface area contributed by atoms with Crippen LogP contribution in [0.4, 0.5) is 0 Å². The van der Waals surface area contributed by atoms with Crippen LogP contribution in [0.15, 0.2) is 40.6 Å². The highest BCUT2D eigenvalue weighted by Gasteiger charge is 1.92. The quantitative estimate of drug-likeness (QED) is 0.458. The van der Waals surface area contributed by atoms with Gasteiger partial charge in [0, 0.05) is 11.9 Å². The molecular weight excluding hydrogens is 158 g/mol. The van der Waals surface area contributed by atoms with Crippen molar-refractivity contribution in [3.63, 3.8) is 0 Å². The highest BCUT2D eigenvalue weighted by Crippen LogP contribution is 2.03. The minimum atomic E-state index is 1.07. The van der Waals surface area contributed by atoms with Crippen LogP contribution in [0.1, 0.15) is 34.6 Å². The molecule has 0 unspecified atom stereocenters. The Morgan fingerprint density at radius 2 is 1.69 bits per heavy atom. The van der Waals surface area contributed by atoms with Crippen LogP contribution in [-0.2, 0) is 0 Å². The second-order valence-electron chi connectivity index (χ2n) is 3.06. The van der Waals surface area contributed by atoms with Gasteiger partial charge in [0.15, 0.2) is 0 Å². The van der Waals surface area contributed by atoms with Crippen molar-refractivity contribution < 1.29 is 0 Å². The average molecular weight is 177 g/mol. The summed E-state index contributed by atoms with van der Waals surface area (Å²) in [7, 11) is 0. The van der Waals surface area contributed by atoms with E-state index in [2.05, 4.69) is 31.0 Å². The first kappa shape index (κ1) is 11.9. The molecule has 0 aliphatic carbocycles. The van der Waals surface area contributed by atoms with E-state index in [0.29, 0.717) is 0 Å². The molecule has 0 radical (unpaired) electrons. The van der Waals surface area contributed by atoms with Crippen molar-refractivity contribution in [2.45, 2.75) is 34.6 Å². The van der Waals surface area contributed by atoms with Crippen LogP contribution in [0.2, 0.25) is 0 Å². The van der Waals surface area contributed by atoms with Crippen LogP contribution in [0.25, 0.3) is 0 Å². The van der Waals surface area contributed by atoms with Gasteiger partial charge in [0.05, 0.1) is 0 Å². The Balaban J connectivity index is 4.59. The molecular formula is C12H19N. The minimum absolute atomic E-state index is 1.07. The lowest BCUT2D eigenvalue weighted by atomic mass is 10.1. The largest absolute Gasteiger partial charge is 0.262 e. The van der Waals surface area contributed by atoms with E-state index in [4.69, 9.17) is 0 Å². The minimum Gasteiger partial charge on any atom is -0.262 e. The lowest BCUT2D eigenvalue weighted by molar-refractivity contribution is 1.40. The van der Waals surface area contributed by atoms with E-state index in [0.717, 1.165) is 5.71 Å². The first-order chi connectivity index (χ1) is 6.11. The average Bonchev–Trinajstić information content (AvgIpc) is 2.13. The van der Waals surface area contributed by atoms with E-state index in [1.807, 2.05) is 33.0 Å². The first-order valence-electron chi connectivity index (χ1n) is 4.59. The fourth-order valence-electron chi connectivity index (χ4n) is 0.817. The van der Waals surface area contributed by atoms with E-state index in [1.54, 1.807) is 0 Å². The molecule has 1 nitrogen and oxygen atoms in total. The maximum atomic E-state index is 4.27. The number of rotatable bonds is 3. The van der Waals surface area contributed by atoms with E-state index < -0.39 is 0 Å². The van der Waals surface area contributed by atoms with Crippen molar-refractivity contribution in [1.82, 2.24) is 0 Å². The Kier molecular flexibility index (Phi) is 5.86. The Morgan fingerprint density at radius 1 is 1.08 bits per heavy atom. The second-order valence-corrected chi connectivity index (χ2v) is 3.06. The molecule has 0 aliphatic heterocycles. The molecule has 0 spiro atoms. The van der Waals surface area contributed by atoms with Crippen molar-refractivity contribution in [3.05, 3.63) is 35.6 Å². The SMILES string of the molecule is C\C=C/N=C(C)\C(C)=C/C(C)=C\C. The molecule has 0 saturated heterocycles. The van der Waals surface area contributed by atoms with Crippen LogP contribution >= 0.6 is 0 Å². The Morgan fingerprint density at radius 3 is 2.15 bits per heavy atom. The molecule has 0 bridgehead atoms. The summed E-state index contributed by atoms with van der Waals surface area (Å²) >= 11 is 0. The second kappa shape index (κ2) is 6.41. The summed E-state index contributed by atoms with van der Waals surface area (Å²) in [5.74, 6) is 0. The Labute approximate surface area is 81.6 Å². The summed E-state index contributed by atoms with van der Waals surface area (Å²) < 4.78 is 0. The topological polar surface area (TPSA) is 12.4 Å². The molecule has 0 rings (SSSR count). The van der Waals surface area contributed by atoms with Gasteiger partial charge in [-0.3, -0.25) is 4.99 Å². The van der Waals surface area contributed by atoms with Gasteiger partial charge in [-0.25, -0.2) is 0 Å². The molecule has 0 aromatic rings. The highest BCUT2D eigenvalue weighted by atomic mass is 14.7. The predicted molar refractivity (Wildman–Crippen MR) is 61.1 cm³/mol. The van der Waals surface area contributed by atoms with Gasteiger partial charge in [-0.2, -0.15) is 0 Å². The van der Waals surface area contributed by atoms with Gasteiger partial charge < -0.3 is 0 Å². The monoisotopic (exact) mass is 177 g/mol. The summed E-state index contributed by atoms with van der Waals surface area (Å²) in [5, 5.41) is 0. The van der Waals surface area contributed by atoms with Crippen LogP contribution in [0.3, 0.4) is 0 Å². The smallest absolute Gasteiger partial charge is 0.0401 e. The summed E-state index contributed by atoms with van der Waals surface area (Å²) in [6.45, 7) is 10.2. The van der Waals surface area contributed by atoms with Crippen molar-refractivity contribution in [2.75, 3.05) is 0 Å². The van der Waals surface area contributed by atoms with E-state index in [-0.39, 0.29) is 0 Å². The van der Waals surface area contributed by atoms with Crippen molar-refractivity contribution in [2.24, 2.45) is 4.99 Å². The molecule has 0 aromatic heterocycles. The molecule has 0 aliphatic rings. The first-order valence-corrected chi connectivity index (χ1v) is 4.59. The summed E-state index contributed by atoms with van der Waals surface area (Å²) in [4.78, 5) is 4.27. The van der Waals surface area contributed by atoms with Gasteiger partial charge in [-0.05, 0) is 40.2 Å². The Bertz CT molecular complexity index is 265. The van der Waals surface area contributed by atoms with Gasteiger partial charge in [-0.15, -0.1) is 0 Å². The number of nitrogens with zero attached hydrogens (tertiary/aromatic N) is 1. The van der Waals surface area contributed by atoms with Gasteiger partial charge in [0.25, 0.3) is 0 Å². The zero-order valence-electron chi connectivity index (χ0n) is 9.26. The van der Waals surface area contributed by atoms with E-state index in [1.165, 1.54) is 11.1 Å². The standard InChI is InChI=1S/C12H19N/c1-6-8-13-12(5)11(4)9-10(3)7-2/h6-9H,1-5H3/b8-6-,10-7-,11-9-,13-12-. The van der Waals surface area contributed by atoms with Crippen molar-refractivity contribution >= 4 is 5.71 Å². The van der Waals surface area contributed by atoms with Crippen molar-refractivity contribution in [3.8, 4) is 0 Å². The fourth-order valence-corrected chi connectivity index (χ4v) is 0.817. The number of aliphatic imine (C=N–C) groups is 1. The third-order valence-electron chi connectivity index (χ3n) is 1.89. The fraction of sp³-hybridized carbons (Fsp3) is 0.417. The number of allylic oxidation sites excluding steroid dienone is 5. The van der Waals surface area contributed by atoms with Gasteiger partial charge in [0.1, 0.15) is 0 Å². The molecule has 1 heteroatoms. The molecule has 0 aromatic carbocycles. The molecule has 0 amide bonds. The lowest BCUT2D eigenvalue weighted by Gasteiger charge is -1.98. The zero-order chi connectivity index (χ0) is 10.3. The number of hydrogen-bond acceptors (Lipinski definition) is 1. The highest BCUT2D eigenvalue weighted by molar-refractivity contribution is 5.98. The third-order valence-corrected chi connectivity index (χ3v) is 1.89. The van der Waals surface area contributed by atoms with Crippen LogP contribution in [0, 0.1) is 0 Å². The lowest BCUT2D eigenvalue weighted by Crippen LogP contribution is -1.92. The molecule has 0 fully saturated rings. The zero-order valence-corrected chi connectivity index (χ0v) is 9.26. The maximum Gasteiger partial charge on any atom is 0.0401 e. The molecule has 0 saturated carbocycles. The van der Waals surface area contributed by atoms with E-state index in [9.17, 15) is 0 Å². The maximum absolute atomic E-state index is 4.27. The van der Waals surface area contributed by atoms with Gasteiger partial charge in [0.2, 0.25) is 0 Å². The van der Waals surface area contributed by atoms with Gasteiger partial charge >= 0.3 is 0 Å². The number of hydrogen-bond donors (Lipinski definition) is 0. The van der Waals surface area contributed by atoms with E-state index >= 15 is 0 Å². The van der Waals surface area contributed by atoms with Crippen LogP contribution in [0.5, 0.6) is 0 Å². The summed E-state index contributed by atoms with van der Waals surface area (Å²) in [5.41, 5.74) is 3.56. The Hall–Kier alpha value is -1.11. The molecule has 0 N–H and O–H groups in total. The van der Waals surface area contributed by atoms with Crippen LogP contribution < -0.4 is 0 Å². The summed E-state index contributed by atoms with van der Waals surface area (Å²) in [6, 6.07) is 0. The molecule has 0 heterocycles.